The molecule has 0 amide bonds. The van der Waals surface area contributed by atoms with Crippen molar-refractivity contribution in [2.24, 2.45) is 0 Å². The number of H-pyrrole nitrogens is 1. The highest BCUT2D eigenvalue weighted by atomic mass is 35.5. The molecule has 0 bridgehead atoms. The topological polar surface area (TPSA) is 81.2 Å². The van der Waals surface area contributed by atoms with Crippen LogP contribution in [-0.2, 0) is 0 Å². The molecule has 0 saturated heterocycles. The van der Waals surface area contributed by atoms with Gasteiger partial charge in [0.15, 0.2) is 0 Å². The minimum absolute atomic E-state index is 0.172. The number of nitrogens with one attached hydrogen (secondary N) is 1. The van der Waals surface area contributed by atoms with Crippen molar-refractivity contribution in [3.63, 3.8) is 0 Å². The predicted octanol–water partition coefficient (Wildman–Crippen LogP) is 2.58. The fourth-order valence-corrected chi connectivity index (χ4v) is 2.70. The molecular formula is C18H13ClN2O4. The maximum atomic E-state index is 12.3. The number of hydrogen-bond acceptors (Lipinski definition) is 4. The third-order valence-electron chi connectivity index (χ3n) is 3.72. The van der Waals surface area contributed by atoms with E-state index in [0.29, 0.717) is 16.9 Å². The van der Waals surface area contributed by atoms with Gasteiger partial charge in [-0.25, -0.2) is 9.36 Å². The van der Waals surface area contributed by atoms with E-state index >= 15 is 0 Å². The maximum absolute atomic E-state index is 12.3. The van der Waals surface area contributed by atoms with Crippen LogP contribution in [0.1, 0.15) is 10.4 Å². The van der Waals surface area contributed by atoms with Gasteiger partial charge in [0.05, 0.1) is 12.8 Å². The van der Waals surface area contributed by atoms with E-state index in [2.05, 4.69) is 4.98 Å². The van der Waals surface area contributed by atoms with Crippen molar-refractivity contribution in [1.29, 1.82) is 0 Å². The van der Waals surface area contributed by atoms with E-state index < -0.39 is 16.5 Å². The summed E-state index contributed by atoms with van der Waals surface area (Å²) in [5.74, 6) is 0.564. The van der Waals surface area contributed by atoms with Crippen molar-refractivity contribution in [2.75, 3.05) is 7.11 Å². The molecule has 1 N–H and O–H groups in total. The molecule has 0 unspecified atom stereocenters. The van der Waals surface area contributed by atoms with Gasteiger partial charge in [0.2, 0.25) is 0 Å². The summed E-state index contributed by atoms with van der Waals surface area (Å²) in [5.41, 5.74) is 0.483. The number of rotatable bonds is 4. The largest absolute Gasteiger partial charge is 0.496 e. The lowest BCUT2D eigenvalue weighted by Crippen LogP contribution is -2.32. The first-order chi connectivity index (χ1) is 12.0. The minimum atomic E-state index is -0.687. The second-order valence-corrected chi connectivity index (χ2v) is 5.51. The van der Waals surface area contributed by atoms with Crippen molar-refractivity contribution >= 4 is 16.8 Å². The van der Waals surface area contributed by atoms with Gasteiger partial charge in [0, 0.05) is 29.0 Å². The zero-order valence-electron chi connectivity index (χ0n) is 13.2. The Hall–Kier alpha value is -3.12. The summed E-state index contributed by atoms with van der Waals surface area (Å²) in [5, 5.41) is -0.687. The molecule has 2 aromatic carbocycles. The van der Waals surface area contributed by atoms with Gasteiger partial charge in [-0.1, -0.05) is 24.3 Å². The second-order valence-electron chi connectivity index (χ2n) is 5.16. The molecule has 3 aromatic rings. The third kappa shape index (κ3) is 3.12. The van der Waals surface area contributed by atoms with Gasteiger partial charge in [0.1, 0.15) is 5.75 Å². The van der Waals surface area contributed by atoms with Crippen LogP contribution in [0.3, 0.4) is 0 Å². The van der Waals surface area contributed by atoms with E-state index in [1.165, 1.54) is 31.5 Å². The van der Waals surface area contributed by atoms with Crippen LogP contribution in [0.4, 0.5) is 0 Å². The molecule has 0 radical (unpaired) electrons. The molecular weight excluding hydrogens is 344 g/mol. The van der Waals surface area contributed by atoms with Gasteiger partial charge in [-0.3, -0.25) is 9.59 Å². The summed E-state index contributed by atoms with van der Waals surface area (Å²) in [6.45, 7) is 0. The van der Waals surface area contributed by atoms with E-state index in [-0.39, 0.29) is 11.3 Å². The van der Waals surface area contributed by atoms with Crippen LogP contribution in [0.25, 0.3) is 16.8 Å². The Morgan fingerprint density at radius 1 is 1.08 bits per heavy atom. The fourth-order valence-electron chi connectivity index (χ4n) is 2.59. The first-order valence-electron chi connectivity index (χ1n) is 7.31. The predicted molar refractivity (Wildman–Crippen MR) is 94.8 cm³/mol. The lowest BCUT2D eigenvalue weighted by Gasteiger charge is -2.14. The van der Waals surface area contributed by atoms with Crippen LogP contribution >= 0.6 is 11.6 Å². The summed E-state index contributed by atoms with van der Waals surface area (Å²) in [6, 6.07) is 13.0. The lowest BCUT2D eigenvalue weighted by molar-refractivity contribution is 0.108. The molecule has 0 aliphatic carbocycles. The standard InChI is InChI=1S/C18H13ClN2O4/c1-25-15-5-3-2-4-13(15)12-7-6-11(17(19)23)10-14(12)21-16(22)8-9-20-18(21)24/h2-10H,1H3,(H,20,24). The fraction of sp³-hybridized carbons (Fsp3) is 0.0556. The van der Waals surface area contributed by atoms with Gasteiger partial charge in [-0.05, 0) is 29.8 Å². The van der Waals surface area contributed by atoms with E-state index in [9.17, 15) is 14.4 Å². The molecule has 0 aliphatic rings. The van der Waals surface area contributed by atoms with Gasteiger partial charge in [-0.15, -0.1) is 0 Å². The van der Waals surface area contributed by atoms with Crippen molar-refractivity contribution in [1.82, 2.24) is 9.55 Å². The van der Waals surface area contributed by atoms with Crippen molar-refractivity contribution in [3.05, 3.63) is 81.1 Å². The monoisotopic (exact) mass is 356 g/mol. The number of nitrogens with zero attached hydrogens (tertiary/aromatic N) is 1. The van der Waals surface area contributed by atoms with Crippen LogP contribution in [0.15, 0.2) is 64.3 Å². The summed E-state index contributed by atoms with van der Waals surface area (Å²) >= 11 is 5.56. The van der Waals surface area contributed by atoms with Gasteiger partial charge in [0.25, 0.3) is 10.8 Å². The Morgan fingerprint density at radius 2 is 1.84 bits per heavy atom. The molecule has 0 saturated carbocycles. The van der Waals surface area contributed by atoms with Crippen LogP contribution in [0, 0.1) is 0 Å². The number of aromatic amines is 1. The summed E-state index contributed by atoms with van der Waals surface area (Å²) < 4.78 is 6.31. The molecule has 3 rings (SSSR count). The average Bonchev–Trinajstić information content (AvgIpc) is 2.61. The molecule has 7 heteroatoms. The summed E-state index contributed by atoms with van der Waals surface area (Å²) in [6.07, 6.45) is 1.26. The number of methoxy groups -OCH3 is 1. The van der Waals surface area contributed by atoms with Crippen LogP contribution in [0.2, 0.25) is 0 Å². The molecule has 0 fully saturated rings. The molecule has 6 nitrogen and oxygen atoms in total. The van der Waals surface area contributed by atoms with E-state index in [4.69, 9.17) is 16.3 Å². The first-order valence-corrected chi connectivity index (χ1v) is 7.69. The third-order valence-corrected chi connectivity index (χ3v) is 3.94. The van der Waals surface area contributed by atoms with E-state index in [1.807, 2.05) is 0 Å². The Balaban J connectivity index is 2.40. The molecule has 1 heterocycles. The number of carbonyl (C=O) groups is 1. The lowest BCUT2D eigenvalue weighted by atomic mass is 10.0. The van der Waals surface area contributed by atoms with E-state index in [0.717, 1.165) is 4.57 Å². The Bertz CT molecular complexity index is 1040. The quantitative estimate of drug-likeness (QED) is 0.728. The Morgan fingerprint density at radius 3 is 2.52 bits per heavy atom. The van der Waals surface area contributed by atoms with Crippen LogP contribution < -0.4 is 16.0 Å². The van der Waals surface area contributed by atoms with E-state index in [1.54, 1.807) is 30.3 Å². The highest BCUT2D eigenvalue weighted by Gasteiger charge is 2.16. The number of para-hydroxylation sites is 1. The summed E-state index contributed by atoms with van der Waals surface area (Å²) in [4.78, 5) is 38.5. The number of halogens is 1. The average molecular weight is 357 g/mol. The summed E-state index contributed by atoms with van der Waals surface area (Å²) in [7, 11) is 1.52. The highest BCUT2D eigenvalue weighted by Crippen LogP contribution is 2.34. The van der Waals surface area contributed by atoms with Gasteiger partial charge < -0.3 is 9.72 Å². The SMILES string of the molecule is COc1ccccc1-c1ccc(C(=O)Cl)cc1-n1c(=O)cc[nH]c1=O. The molecule has 1 aromatic heterocycles. The number of benzene rings is 2. The van der Waals surface area contributed by atoms with Crippen LogP contribution in [0.5, 0.6) is 5.75 Å². The number of hydrogen-bond donors (Lipinski definition) is 1. The molecule has 25 heavy (non-hydrogen) atoms. The maximum Gasteiger partial charge on any atom is 0.333 e. The number of ether oxygens (including phenoxy) is 1. The van der Waals surface area contributed by atoms with Gasteiger partial charge >= 0.3 is 5.69 Å². The van der Waals surface area contributed by atoms with Gasteiger partial charge in [-0.2, -0.15) is 0 Å². The number of aromatic nitrogens is 2. The van der Waals surface area contributed by atoms with Crippen molar-refractivity contribution in [2.45, 2.75) is 0 Å². The zero-order chi connectivity index (χ0) is 18.0. The Labute approximate surface area is 147 Å². The van der Waals surface area contributed by atoms with Crippen LogP contribution in [-0.4, -0.2) is 21.9 Å². The number of carbonyl (C=O) groups excluding carboxylic acids is 1. The molecule has 126 valence electrons. The second kappa shape index (κ2) is 6.78. The first kappa shape index (κ1) is 16.7. The molecule has 0 spiro atoms. The zero-order valence-corrected chi connectivity index (χ0v) is 13.9. The Kier molecular flexibility index (Phi) is 4.54. The minimum Gasteiger partial charge on any atom is -0.496 e. The van der Waals surface area contributed by atoms with Crippen molar-refractivity contribution < 1.29 is 9.53 Å². The molecule has 0 atom stereocenters. The molecule has 0 aliphatic heterocycles. The highest BCUT2D eigenvalue weighted by molar-refractivity contribution is 6.67. The van der Waals surface area contributed by atoms with Crippen molar-refractivity contribution in [3.8, 4) is 22.6 Å². The normalized spacial score (nSPS) is 10.5. The smallest absolute Gasteiger partial charge is 0.333 e.